The molecule has 0 radical (unpaired) electrons. The smallest absolute Gasteiger partial charge is 0.165 e. The van der Waals surface area contributed by atoms with Crippen LogP contribution in [0.1, 0.15) is 0 Å². The molecular formula is C45H25N3OS2. The third-order valence-electron chi connectivity index (χ3n) is 9.76. The summed E-state index contributed by atoms with van der Waals surface area (Å²) in [5, 5.41) is 7.21. The van der Waals surface area contributed by atoms with E-state index >= 15 is 0 Å². The Morgan fingerprint density at radius 1 is 0.353 bits per heavy atom. The van der Waals surface area contributed by atoms with Crippen LogP contribution in [0.5, 0.6) is 0 Å². The van der Waals surface area contributed by atoms with E-state index in [-0.39, 0.29) is 0 Å². The number of rotatable bonds is 4. The van der Waals surface area contributed by atoms with E-state index in [2.05, 4.69) is 121 Å². The Kier molecular flexibility index (Phi) is 6.26. The first-order chi connectivity index (χ1) is 25.2. The first-order valence-corrected chi connectivity index (χ1v) is 18.5. The van der Waals surface area contributed by atoms with Gasteiger partial charge in [0.1, 0.15) is 11.2 Å². The van der Waals surface area contributed by atoms with Crippen molar-refractivity contribution in [1.29, 1.82) is 0 Å². The topological polar surface area (TPSA) is 51.8 Å². The summed E-state index contributed by atoms with van der Waals surface area (Å²) < 4.78 is 11.5. The fourth-order valence-corrected chi connectivity index (χ4v) is 9.77. The summed E-state index contributed by atoms with van der Waals surface area (Å²) in [5.74, 6) is 1.90. The van der Waals surface area contributed by atoms with E-state index in [9.17, 15) is 0 Å². The van der Waals surface area contributed by atoms with Crippen molar-refractivity contribution >= 4 is 85.0 Å². The lowest BCUT2D eigenvalue weighted by Gasteiger charge is -2.09. The third-order valence-corrected chi connectivity index (χ3v) is 12.2. The monoisotopic (exact) mass is 687 g/mol. The second kappa shape index (κ2) is 11.2. The van der Waals surface area contributed by atoms with Gasteiger partial charge in [0.05, 0.1) is 0 Å². The first-order valence-electron chi connectivity index (χ1n) is 16.8. The van der Waals surface area contributed by atoms with Crippen molar-refractivity contribution in [1.82, 2.24) is 15.0 Å². The standard InChI is InChI=1S/C45H25N3OS2/c1-2-10-26(11-3-1)43-46-44(48-45(47-43)35-17-9-16-34-32-13-5-7-19-40(32)51-42(34)35)28-20-22-30-36-24-27(21-23-37(36)49-38(30)25-28)29-14-8-15-33-31-12-4-6-18-39(31)50-41(29)33/h1-25H. The van der Waals surface area contributed by atoms with Crippen LogP contribution in [0, 0.1) is 0 Å². The number of benzene rings is 7. The van der Waals surface area contributed by atoms with Crippen molar-refractivity contribution in [3.8, 4) is 45.3 Å². The lowest BCUT2D eigenvalue weighted by atomic mass is 10.0. The van der Waals surface area contributed by atoms with Crippen molar-refractivity contribution in [3.63, 3.8) is 0 Å². The van der Waals surface area contributed by atoms with Gasteiger partial charge >= 0.3 is 0 Å². The van der Waals surface area contributed by atoms with Gasteiger partial charge in [0.15, 0.2) is 17.5 Å². The van der Waals surface area contributed by atoms with Gasteiger partial charge in [0.2, 0.25) is 0 Å². The van der Waals surface area contributed by atoms with E-state index in [1.165, 1.54) is 51.5 Å². The number of furan rings is 1. The molecule has 4 nitrogen and oxygen atoms in total. The average Bonchev–Trinajstić information content (AvgIpc) is 3.88. The second-order valence-corrected chi connectivity index (χ2v) is 14.9. The highest BCUT2D eigenvalue weighted by molar-refractivity contribution is 7.26. The van der Waals surface area contributed by atoms with Crippen LogP contribution in [-0.4, -0.2) is 15.0 Å². The molecule has 11 aromatic rings. The van der Waals surface area contributed by atoms with Gasteiger partial charge in [-0.3, -0.25) is 0 Å². The Morgan fingerprint density at radius 2 is 0.941 bits per heavy atom. The molecule has 4 aromatic heterocycles. The van der Waals surface area contributed by atoms with Crippen molar-refractivity contribution in [2.45, 2.75) is 0 Å². The SMILES string of the molecule is c1ccc(-c2nc(-c3ccc4c(c3)oc3ccc(-c5cccc6c5sc5ccccc56)cc34)nc(-c3cccc4c3sc3ccccc34)n2)cc1. The van der Waals surface area contributed by atoms with E-state index in [0.717, 1.165) is 38.6 Å². The molecule has 51 heavy (non-hydrogen) atoms. The molecule has 0 saturated carbocycles. The number of nitrogens with zero attached hydrogens (tertiary/aromatic N) is 3. The maximum atomic E-state index is 6.50. The van der Waals surface area contributed by atoms with Crippen LogP contribution in [0.2, 0.25) is 0 Å². The molecule has 0 atom stereocenters. The molecule has 4 heterocycles. The maximum absolute atomic E-state index is 6.50. The fourth-order valence-electron chi connectivity index (χ4n) is 7.32. The Hall–Kier alpha value is -6.21. The quantitative estimate of drug-likeness (QED) is 0.185. The van der Waals surface area contributed by atoms with E-state index < -0.39 is 0 Å². The summed E-state index contributed by atoms with van der Waals surface area (Å²) >= 11 is 3.63. The largest absolute Gasteiger partial charge is 0.456 e. The maximum Gasteiger partial charge on any atom is 0.165 e. The normalized spacial score (nSPS) is 11.9. The Labute approximate surface area is 299 Å². The minimum absolute atomic E-state index is 0.608. The molecular weight excluding hydrogens is 663 g/mol. The molecule has 11 rings (SSSR count). The zero-order chi connectivity index (χ0) is 33.5. The number of fused-ring (bicyclic) bond motifs is 9. The second-order valence-electron chi connectivity index (χ2n) is 12.8. The van der Waals surface area contributed by atoms with Gasteiger partial charge in [0, 0.05) is 67.8 Å². The van der Waals surface area contributed by atoms with Crippen LogP contribution in [0.25, 0.3) is 108 Å². The number of hydrogen-bond acceptors (Lipinski definition) is 6. The first kappa shape index (κ1) is 28.6. The molecule has 6 heteroatoms. The molecule has 0 fully saturated rings. The van der Waals surface area contributed by atoms with Gasteiger partial charge in [0.25, 0.3) is 0 Å². The highest BCUT2D eigenvalue weighted by Gasteiger charge is 2.18. The van der Waals surface area contributed by atoms with Crippen molar-refractivity contribution < 1.29 is 4.42 Å². The van der Waals surface area contributed by atoms with Gasteiger partial charge in [-0.2, -0.15) is 0 Å². The molecule has 0 aliphatic carbocycles. The zero-order valence-corrected chi connectivity index (χ0v) is 28.6. The predicted octanol–water partition coefficient (Wildman–Crippen LogP) is 13.2. The minimum atomic E-state index is 0.608. The van der Waals surface area contributed by atoms with Crippen LogP contribution in [0.15, 0.2) is 156 Å². The molecule has 7 aromatic carbocycles. The average molecular weight is 688 g/mol. The van der Waals surface area contributed by atoms with E-state index in [0.29, 0.717) is 17.5 Å². The summed E-state index contributed by atoms with van der Waals surface area (Å²) in [6.45, 7) is 0. The predicted molar refractivity (Wildman–Crippen MR) is 215 cm³/mol. The molecule has 0 saturated heterocycles. The molecule has 0 N–H and O–H groups in total. The lowest BCUT2D eigenvalue weighted by Crippen LogP contribution is -2.00. The molecule has 0 aliphatic rings. The van der Waals surface area contributed by atoms with Crippen LogP contribution in [-0.2, 0) is 0 Å². The van der Waals surface area contributed by atoms with E-state index in [4.69, 9.17) is 19.4 Å². The van der Waals surface area contributed by atoms with Crippen molar-refractivity contribution in [3.05, 3.63) is 152 Å². The lowest BCUT2D eigenvalue weighted by molar-refractivity contribution is 0.669. The number of aromatic nitrogens is 3. The molecule has 0 unspecified atom stereocenters. The highest BCUT2D eigenvalue weighted by atomic mass is 32.1. The number of thiophene rings is 2. The Morgan fingerprint density at radius 3 is 1.69 bits per heavy atom. The van der Waals surface area contributed by atoms with Gasteiger partial charge < -0.3 is 4.42 Å². The molecule has 0 bridgehead atoms. The molecule has 0 aliphatic heterocycles. The molecule has 0 amide bonds. The van der Waals surface area contributed by atoms with Crippen molar-refractivity contribution in [2.75, 3.05) is 0 Å². The summed E-state index contributed by atoms with van der Waals surface area (Å²) in [7, 11) is 0. The zero-order valence-electron chi connectivity index (χ0n) is 27.0. The van der Waals surface area contributed by atoms with Crippen LogP contribution >= 0.6 is 22.7 Å². The van der Waals surface area contributed by atoms with Crippen LogP contribution < -0.4 is 0 Å². The third kappa shape index (κ3) is 4.54. The van der Waals surface area contributed by atoms with Gasteiger partial charge in [-0.25, -0.2) is 15.0 Å². The molecule has 0 spiro atoms. The van der Waals surface area contributed by atoms with Crippen LogP contribution in [0.3, 0.4) is 0 Å². The van der Waals surface area contributed by atoms with Crippen LogP contribution in [0.4, 0.5) is 0 Å². The highest BCUT2D eigenvalue weighted by Crippen LogP contribution is 2.43. The minimum Gasteiger partial charge on any atom is -0.456 e. The van der Waals surface area contributed by atoms with Crippen molar-refractivity contribution in [2.24, 2.45) is 0 Å². The molecule has 238 valence electrons. The summed E-state index contributed by atoms with van der Waals surface area (Å²) in [6, 6.07) is 53.2. The van der Waals surface area contributed by atoms with E-state index in [1.54, 1.807) is 11.3 Å². The fraction of sp³-hybridized carbons (Fsp3) is 0. The Balaban J connectivity index is 1.06. The van der Waals surface area contributed by atoms with Gasteiger partial charge in [-0.1, -0.05) is 109 Å². The van der Waals surface area contributed by atoms with Gasteiger partial charge in [-0.15, -0.1) is 22.7 Å². The van der Waals surface area contributed by atoms with E-state index in [1.807, 2.05) is 41.7 Å². The Bertz CT molecular complexity index is 3160. The summed E-state index contributed by atoms with van der Waals surface area (Å²) in [6.07, 6.45) is 0. The summed E-state index contributed by atoms with van der Waals surface area (Å²) in [4.78, 5) is 15.2. The summed E-state index contributed by atoms with van der Waals surface area (Å²) in [5.41, 5.74) is 6.89. The van der Waals surface area contributed by atoms with Gasteiger partial charge in [-0.05, 0) is 53.6 Å². The number of hydrogen-bond donors (Lipinski definition) is 0.